The Morgan fingerprint density at radius 2 is 2.06 bits per heavy atom. The number of rotatable bonds is 4. The maximum absolute atomic E-state index is 5.81. The van der Waals surface area contributed by atoms with Crippen LogP contribution >= 0.6 is 11.6 Å². The lowest BCUT2D eigenvalue weighted by molar-refractivity contribution is 0.659. The van der Waals surface area contributed by atoms with Gasteiger partial charge in [0.1, 0.15) is 0 Å². The van der Waals surface area contributed by atoms with Gasteiger partial charge in [0.05, 0.1) is 6.20 Å². The van der Waals surface area contributed by atoms with E-state index in [1.807, 2.05) is 41.3 Å². The largest absolute Gasteiger partial charge is 0.381 e. The number of hydrogen-bond donors (Lipinski definition) is 1. The van der Waals surface area contributed by atoms with Crippen LogP contribution in [0.4, 0.5) is 5.69 Å². The highest BCUT2D eigenvalue weighted by Gasteiger charge is 1.97. The van der Waals surface area contributed by atoms with Crippen molar-refractivity contribution < 1.29 is 0 Å². The molecule has 0 fully saturated rings. The van der Waals surface area contributed by atoms with Crippen molar-refractivity contribution in [1.82, 2.24) is 9.78 Å². The van der Waals surface area contributed by atoms with E-state index >= 15 is 0 Å². The quantitative estimate of drug-likeness (QED) is 0.882. The third-order valence-electron chi connectivity index (χ3n) is 2.35. The molecule has 16 heavy (non-hydrogen) atoms. The van der Waals surface area contributed by atoms with E-state index < -0.39 is 0 Å². The molecule has 1 N–H and O–H groups in total. The molecule has 0 radical (unpaired) electrons. The van der Waals surface area contributed by atoms with Gasteiger partial charge in [0, 0.05) is 35.6 Å². The van der Waals surface area contributed by atoms with E-state index in [1.165, 1.54) is 5.56 Å². The normalized spacial score (nSPS) is 10.4. The van der Waals surface area contributed by atoms with Gasteiger partial charge in [-0.25, -0.2) is 0 Å². The van der Waals surface area contributed by atoms with Crippen molar-refractivity contribution in [2.75, 3.05) is 5.32 Å². The number of benzene rings is 1. The van der Waals surface area contributed by atoms with Gasteiger partial charge in [0.25, 0.3) is 0 Å². The lowest BCUT2D eigenvalue weighted by Crippen LogP contribution is -1.98. The second kappa shape index (κ2) is 5.03. The number of halogens is 1. The Morgan fingerprint density at radius 3 is 2.69 bits per heavy atom. The van der Waals surface area contributed by atoms with Crippen LogP contribution in [0, 0.1) is 0 Å². The highest BCUT2D eigenvalue weighted by Crippen LogP contribution is 2.14. The Morgan fingerprint density at radius 1 is 1.31 bits per heavy atom. The molecule has 3 nitrogen and oxygen atoms in total. The van der Waals surface area contributed by atoms with Gasteiger partial charge >= 0.3 is 0 Å². The summed E-state index contributed by atoms with van der Waals surface area (Å²) >= 11 is 5.81. The third-order valence-corrected chi connectivity index (χ3v) is 2.60. The maximum atomic E-state index is 5.81. The lowest BCUT2D eigenvalue weighted by Gasteiger charge is -2.04. The molecule has 0 atom stereocenters. The highest BCUT2D eigenvalue weighted by atomic mass is 35.5. The smallest absolute Gasteiger partial charge is 0.0539 e. The van der Waals surface area contributed by atoms with Crippen molar-refractivity contribution >= 4 is 17.3 Å². The minimum atomic E-state index is 0.754. The number of nitrogens with zero attached hydrogens (tertiary/aromatic N) is 2. The molecule has 1 aromatic heterocycles. The average Bonchev–Trinajstić information content (AvgIpc) is 2.76. The van der Waals surface area contributed by atoms with Crippen molar-refractivity contribution in [1.29, 1.82) is 0 Å². The Kier molecular flexibility index (Phi) is 3.47. The van der Waals surface area contributed by atoms with Crippen molar-refractivity contribution in [3.8, 4) is 0 Å². The van der Waals surface area contributed by atoms with Crippen molar-refractivity contribution in [3.63, 3.8) is 0 Å². The van der Waals surface area contributed by atoms with E-state index in [-0.39, 0.29) is 0 Å². The molecule has 0 saturated heterocycles. The van der Waals surface area contributed by atoms with Gasteiger partial charge in [-0.05, 0) is 31.2 Å². The first-order valence-electron chi connectivity index (χ1n) is 5.28. The summed E-state index contributed by atoms with van der Waals surface area (Å²) in [6.45, 7) is 3.76. The lowest BCUT2D eigenvalue weighted by atomic mass is 10.3. The van der Waals surface area contributed by atoms with E-state index in [0.29, 0.717) is 0 Å². The SMILES string of the molecule is CCn1cc(CNc2ccc(Cl)cc2)cn1. The molecular weight excluding hydrogens is 222 g/mol. The number of anilines is 1. The summed E-state index contributed by atoms with van der Waals surface area (Å²) in [5.41, 5.74) is 2.24. The molecule has 0 aliphatic rings. The van der Waals surface area contributed by atoms with Crippen LogP contribution in [0.5, 0.6) is 0 Å². The minimum absolute atomic E-state index is 0.754. The zero-order valence-corrected chi connectivity index (χ0v) is 9.91. The molecule has 84 valence electrons. The minimum Gasteiger partial charge on any atom is -0.381 e. The van der Waals surface area contributed by atoms with E-state index in [0.717, 1.165) is 23.8 Å². The van der Waals surface area contributed by atoms with Crippen LogP contribution in [0.15, 0.2) is 36.7 Å². The van der Waals surface area contributed by atoms with E-state index in [2.05, 4.69) is 17.3 Å². The van der Waals surface area contributed by atoms with Crippen LogP contribution in [-0.2, 0) is 13.1 Å². The van der Waals surface area contributed by atoms with E-state index in [4.69, 9.17) is 11.6 Å². The van der Waals surface area contributed by atoms with E-state index in [1.54, 1.807) is 0 Å². The standard InChI is InChI=1S/C12H14ClN3/c1-2-16-9-10(8-15-16)7-14-12-5-3-11(13)4-6-12/h3-6,8-9,14H,2,7H2,1H3. The third kappa shape index (κ3) is 2.76. The van der Waals surface area contributed by atoms with Crippen LogP contribution in [0.25, 0.3) is 0 Å². The summed E-state index contributed by atoms with van der Waals surface area (Å²) in [5, 5.41) is 8.28. The summed E-state index contributed by atoms with van der Waals surface area (Å²) in [5.74, 6) is 0. The maximum Gasteiger partial charge on any atom is 0.0539 e. The molecule has 0 saturated carbocycles. The van der Waals surface area contributed by atoms with Crippen LogP contribution in [0.3, 0.4) is 0 Å². The van der Waals surface area contributed by atoms with Gasteiger partial charge in [-0.15, -0.1) is 0 Å². The summed E-state index contributed by atoms with van der Waals surface area (Å²) in [7, 11) is 0. The molecule has 0 aliphatic carbocycles. The summed E-state index contributed by atoms with van der Waals surface area (Å²) < 4.78 is 1.92. The Balaban J connectivity index is 1.94. The Labute approximate surface area is 100 Å². The van der Waals surface area contributed by atoms with Crippen molar-refractivity contribution in [3.05, 3.63) is 47.2 Å². The monoisotopic (exact) mass is 235 g/mol. The molecule has 1 heterocycles. The fourth-order valence-electron chi connectivity index (χ4n) is 1.44. The zero-order valence-electron chi connectivity index (χ0n) is 9.15. The van der Waals surface area contributed by atoms with Gasteiger partial charge in [0.15, 0.2) is 0 Å². The van der Waals surface area contributed by atoms with Crippen molar-refractivity contribution in [2.45, 2.75) is 20.0 Å². The molecule has 0 unspecified atom stereocenters. The first-order valence-corrected chi connectivity index (χ1v) is 5.66. The molecule has 2 rings (SSSR count). The van der Waals surface area contributed by atoms with Crippen LogP contribution in [0.2, 0.25) is 5.02 Å². The number of aryl methyl sites for hydroxylation is 1. The molecule has 0 spiro atoms. The molecule has 4 heteroatoms. The van der Waals surface area contributed by atoms with Crippen LogP contribution < -0.4 is 5.32 Å². The van der Waals surface area contributed by atoms with Crippen LogP contribution in [-0.4, -0.2) is 9.78 Å². The number of nitrogens with one attached hydrogen (secondary N) is 1. The second-order valence-electron chi connectivity index (χ2n) is 3.56. The van der Waals surface area contributed by atoms with Gasteiger partial charge < -0.3 is 5.32 Å². The summed E-state index contributed by atoms with van der Waals surface area (Å²) in [6, 6.07) is 7.68. The molecular formula is C12H14ClN3. The average molecular weight is 236 g/mol. The summed E-state index contributed by atoms with van der Waals surface area (Å²) in [6.07, 6.45) is 3.93. The highest BCUT2D eigenvalue weighted by molar-refractivity contribution is 6.30. The first-order chi connectivity index (χ1) is 7.78. The number of aromatic nitrogens is 2. The molecule has 2 aromatic rings. The van der Waals surface area contributed by atoms with Gasteiger partial charge in [0.2, 0.25) is 0 Å². The number of hydrogen-bond acceptors (Lipinski definition) is 2. The predicted molar refractivity (Wildman–Crippen MR) is 66.7 cm³/mol. The van der Waals surface area contributed by atoms with E-state index in [9.17, 15) is 0 Å². The second-order valence-corrected chi connectivity index (χ2v) is 4.00. The predicted octanol–water partition coefficient (Wildman–Crippen LogP) is 3.17. The fraction of sp³-hybridized carbons (Fsp3) is 0.250. The molecule has 0 aliphatic heterocycles. The summed E-state index contributed by atoms with van der Waals surface area (Å²) in [4.78, 5) is 0. The Hall–Kier alpha value is -1.48. The first kappa shape index (κ1) is 11.0. The van der Waals surface area contributed by atoms with Crippen molar-refractivity contribution in [2.24, 2.45) is 0 Å². The molecule has 0 bridgehead atoms. The molecule has 1 aromatic carbocycles. The fourth-order valence-corrected chi connectivity index (χ4v) is 1.57. The van der Waals surface area contributed by atoms with Gasteiger partial charge in [-0.1, -0.05) is 11.6 Å². The van der Waals surface area contributed by atoms with Crippen LogP contribution in [0.1, 0.15) is 12.5 Å². The zero-order chi connectivity index (χ0) is 11.4. The Bertz CT molecular complexity index is 448. The molecule has 0 amide bonds. The van der Waals surface area contributed by atoms with Gasteiger partial charge in [-0.3, -0.25) is 4.68 Å². The van der Waals surface area contributed by atoms with Gasteiger partial charge in [-0.2, -0.15) is 5.10 Å². The topological polar surface area (TPSA) is 29.9 Å².